The van der Waals surface area contributed by atoms with E-state index in [2.05, 4.69) is 18.8 Å². The van der Waals surface area contributed by atoms with Gasteiger partial charge < -0.3 is 10.1 Å². The molecule has 0 aromatic heterocycles. The predicted molar refractivity (Wildman–Crippen MR) is 74.3 cm³/mol. The van der Waals surface area contributed by atoms with Crippen molar-refractivity contribution in [1.82, 2.24) is 5.32 Å². The molecule has 1 atom stereocenters. The minimum atomic E-state index is 0.557. The first kappa shape index (κ1) is 14.7. The van der Waals surface area contributed by atoms with Gasteiger partial charge in [-0.05, 0) is 45.6 Å². The van der Waals surface area contributed by atoms with Crippen LogP contribution < -0.4 is 5.32 Å². The fourth-order valence-electron chi connectivity index (χ4n) is 2.37. The highest BCUT2D eigenvalue weighted by atomic mass is 16.5. The van der Waals surface area contributed by atoms with E-state index >= 15 is 0 Å². The largest absolute Gasteiger partial charge is 0.378 e. The van der Waals surface area contributed by atoms with Crippen molar-refractivity contribution in [3.8, 4) is 0 Å². The summed E-state index contributed by atoms with van der Waals surface area (Å²) in [5.41, 5.74) is 0. The molecule has 1 saturated carbocycles. The molecule has 0 heterocycles. The summed E-state index contributed by atoms with van der Waals surface area (Å²) >= 11 is 0. The Balaban J connectivity index is 1.87. The van der Waals surface area contributed by atoms with Gasteiger partial charge in [0.05, 0.1) is 6.10 Å². The van der Waals surface area contributed by atoms with Crippen LogP contribution in [-0.2, 0) is 4.74 Å². The van der Waals surface area contributed by atoms with Crippen molar-refractivity contribution in [2.45, 2.75) is 70.4 Å². The summed E-state index contributed by atoms with van der Waals surface area (Å²) in [5, 5.41) is 3.53. The minimum absolute atomic E-state index is 0.557. The minimum Gasteiger partial charge on any atom is -0.378 e. The monoisotopic (exact) mass is 239 g/mol. The number of nitrogens with one attached hydrogen (secondary N) is 1. The number of ether oxygens (including phenoxy) is 1. The lowest BCUT2D eigenvalue weighted by Gasteiger charge is -2.22. The van der Waals surface area contributed by atoms with Gasteiger partial charge in [0.2, 0.25) is 0 Å². The van der Waals surface area contributed by atoms with E-state index in [1.807, 2.05) is 6.08 Å². The summed E-state index contributed by atoms with van der Waals surface area (Å²) in [6.07, 6.45) is 12.7. The van der Waals surface area contributed by atoms with Crippen LogP contribution in [-0.4, -0.2) is 25.3 Å². The first-order chi connectivity index (χ1) is 8.33. The molecule has 0 aromatic carbocycles. The van der Waals surface area contributed by atoms with E-state index in [0.717, 1.165) is 26.0 Å². The van der Waals surface area contributed by atoms with Crippen molar-refractivity contribution >= 4 is 0 Å². The highest BCUT2D eigenvalue weighted by Gasteiger charge is 2.12. The number of hydrogen-bond donors (Lipinski definition) is 1. The molecule has 1 unspecified atom stereocenters. The molecular weight excluding hydrogens is 210 g/mol. The number of rotatable bonds is 9. The molecule has 0 aromatic rings. The van der Waals surface area contributed by atoms with Crippen LogP contribution in [0.15, 0.2) is 12.7 Å². The Kier molecular flexibility index (Phi) is 8.37. The van der Waals surface area contributed by atoms with Crippen molar-refractivity contribution < 1.29 is 4.74 Å². The Morgan fingerprint density at radius 3 is 2.82 bits per heavy atom. The lowest BCUT2D eigenvalue weighted by Crippen LogP contribution is -2.28. The predicted octanol–water partition coefficient (Wildman–Crippen LogP) is 3.67. The average molecular weight is 239 g/mol. The van der Waals surface area contributed by atoms with Gasteiger partial charge in [0, 0.05) is 12.6 Å². The van der Waals surface area contributed by atoms with E-state index in [4.69, 9.17) is 4.74 Å². The first-order valence-corrected chi connectivity index (χ1v) is 7.29. The number of allylic oxidation sites excluding steroid dienone is 1. The maximum Gasteiger partial charge on any atom is 0.0575 e. The lowest BCUT2D eigenvalue weighted by molar-refractivity contribution is 0.0271. The van der Waals surface area contributed by atoms with Crippen LogP contribution in [0, 0.1) is 0 Å². The molecule has 2 nitrogen and oxygen atoms in total. The van der Waals surface area contributed by atoms with Gasteiger partial charge in [-0.1, -0.05) is 25.3 Å². The maximum atomic E-state index is 5.89. The Labute approximate surface area is 107 Å². The third-order valence-electron chi connectivity index (χ3n) is 3.52. The van der Waals surface area contributed by atoms with E-state index in [-0.39, 0.29) is 0 Å². The molecule has 0 amide bonds. The van der Waals surface area contributed by atoms with E-state index < -0.39 is 0 Å². The molecule has 1 aliphatic rings. The summed E-state index contributed by atoms with van der Waals surface area (Å²) in [6.45, 7) is 7.98. The standard InChI is InChI=1S/C15H29NO/c1-3-4-9-14(2)16-12-8-13-17-15-10-6-5-7-11-15/h3,14-16H,1,4-13H2,2H3. The molecule has 0 spiro atoms. The van der Waals surface area contributed by atoms with E-state index in [0.29, 0.717) is 12.1 Å². The van der Waals surface area contributed by atoms with Gasteiger partial charge in [-0.25, -0.2) is 0 Å². The van der Waals surface area contributed by atoms with Crippen LogP contribution in [0.25, 0.3) is 0 Å². The molecule has 2 heteroatoms. The Morgan fingerprint density at radius 1 is 1.35 bits per heavy atom. The summed E-state index contributed by atoms with van der Waals surface area (Å²) in [6, 6.07) is 0.600. The SMILES string of the molecule is C=CCCC(C)NCCCOC1CCCCC1. The van der Waals surface area contributed by atoms with Crippen LogP contribution in [0.3, 0.4) is 0 Å². The van der Waals surface area contributed by atoms with E-state index in [1.165, 1.54) is 38.5 Å². The number of hydrogen-bond acceptors (Lipinski definition) is 2. The summed E-state index contributed by atoms with van der Waals surface area (Å²) < 4.78 is 5.89. The Morgan fingerprint density at radius 2 is 2.12 bits per heavy atom. The molecule has 1 fully saturated rings. The van der Waals surface area contributed by atoms with Crippen molar-refractivity contribution in [3.63, 3.8) is 0 Å². The fourth-order valence-corrected chi connectivity index (χ4v) is 2.37. The molecular formula is C15H29NO. The smallest absolute Gasteiger partial charge is 0.0575 e. The third kappa shape index (κ3) is 7.56. The second-order valence-corrected chi connectivity index (χ2v) is 5.21. The first-order valence-electron chi connectivity index (χ1n) is 7.29. The van der Waals surface area contributed by atoms with Gasteiger partial charge in [-0.15, -0.1) is 6.58 Å². The normalized spacial score (nSPS) is 19.1. The van der Waals surface area contributed by atoms with Gasteiger partial charge in [0.1, 0.15) is 0 Å². The molecule has 1 aliphatic carbocycles. The Bertz CT molecular complexity index is 187. The molecule has 0 radical (unpaired) electrons. The zero-order chi connectivity index (χ0) is 12.3. The second-order valence-electron chi connectivity index (χ2n) is 5.21. The zero-order valence-electron chi connectivity index (χ0n) is 11.4. The van der Waals surface area contributed by atoms with Crippen LogP contribution >= 0.6 is 0 Å². The summed E-state index contributed by atoms with van der Waals surface area (Å²) in [7, 11) is 0. The van der Waals surface area contributed by atoms with Gasteiger partial charge in [0.15, 0.2) is 0 Å². The van der Waals surface area contributed by atoms with E-state index in [1.54, 1.807) is 0 Å². The molecule has 17 heavy (non-hydrogen) atoms. The molecule has 1 rings (SSSR count). The third-order valence-corrected chi connectivity index (χ3v) is 3.52. The highest BCUT2D eigenvalue weighted by Crippen LogP contribution is 2.20. The van der Waals surface area contributed by atoms with Gasteiger partial charge in [-0.2, -0.15) is 0 Å². The molecule has 0 aliphatic heterocycles. The average Bonchev–Trinajstić information content (AvgIpc) is 2.37. The van der Waals surface area contributed by atoms with E-state index in [9.17, 15) is 0 Å². The summed E-state index contributed by atoms with van der Waals surface area (Å²) in [4.78, 5) is 0. The van der Waals surface area contributed by atoms with Crippen LogP contribution in [0.2, 0.25) is 0 Å². The zero-order valence-corrected chi connectivity index (χ0v) is 11.4. The molecule has 1 N–H and O–H groups in total. The quantitative estimate of drug-likeness (QED) is 0.489. The Hall–Kier alpha value is -0.340. The van der Waals surface area contributed by atoms with Crippen LogP contribution in [0.1, 0.15) is 58.3 Å². The van der Waals surface area contributed by atoms with Crippen molar-refractivity contribution in [3.05, 3.63) is 12.7 Å². The van der Waals surface area contributed by atoms with Crippen LogP contribution in [0.5, 0.6) is 0 Å². The molecule has 0 saturated heterocycles. The van der Waals surface area contributed by atoms with Crippen LogP contribution in [0.4, 0.5) is 0 Å². The van der Waals surface area contributed by atoms with Crippen molar-refractivity contribution in [2.24, 2.45) is 0 Å². The fraction of sp³-hybridized carbons (Fsp3) is 0.867. The van der Waals surface area contributed by atoms with Crippen molar-refractivity contribution in [2.75, 3.05) is 13.2 Å². The summed E-state index contributed by atoms with van der Waals surface area (Å²) in [5.74, 6) is 0. The molecule has 100 valence electrons. The maximum absolute atomic E-state index is 5.89. The molecule has 0 bridgehead atoms. The van der Waals surface area contributed by atoms with Crippen molar-refractivity contribution in [1.29, 1.82) is 0 Å². The van der Waals surface area contributed by atoms with Gasteiger partial charge in [-0.3, -0.25) is 0 Å². The van der Waals surface area contributed by atoms with Gasteiger partial charge >= 0.3 is 0 Å². The van der Waals surface area contributed by atoms with Gasteiger partial charge in [0.25, 0.3) is 0 Å². The second kappa shape index (κ2) is 9.67. The topological polar surface area (TPSA) is 21.3 Å². The highest BCUT2D eigenvalue weighted by molar-refractivity contribution is 4.71. The lowest BCUT2D eigenvalue weighted by atomic mass is 9.98.